The standard InChI is InChI=1S/7Mg.H2O4S.12H2O/c;;;;;;;1-5(2,3)4;;;;;;;;;;;;/h;;;;;;;(H2,1,2,3,4);12*1H2/q7*+2;;;;;;;;;;;;;/p-14. The monoisotopic (exact) mass is 468 g/mol. The van der Waals surface area contributed by atoms with Gasteiger partial charge in [-0.2, -0.15) is 0 Å². The molecule has 0 aromatic carbocycles. The first kappa shape index (κ1) is 289. The van der Waals surface area contributed by atoms with Gasteiger partial charge in [0.15, 0.2) is 0 Å². The molecule has 0 aliphatic carbocycles. The molecule has 12 N–H and O–H groups in total. The van der Waals surface area contributed by atoms with Crippen LogP contribution in [0.1, 0.15) is 0 Å². The molecule has 0 aliphatic rings. The van der Waals surface area contributed by atoms with Crippen LogP contribution in [0.3, 0.4) is 0 Å². The van der Waals surface area contributed by atoms with E-state index in [-0.39, 0.29) is 227 Å². The summed E-state index contributed by atoms with van der Waals surface area (Å²) in [6.45, 7) is 0. The van der Waals surface area contributed by atoms with Crippen molar-refractivity contribution in [2.24, 2.45) is 0 Å². The van der Waals surface area contributed by atoms with Crippen LogP contribution in [-0.2, 0) is 10.4 Å². The van der Waals surface area contributed by atoms with E-state index in [1.165, 1.54) is 0 Å². The molecule has 0 saturated heterocycles. The second-order valence-corrected chi connectivity index (χ2v) is 1.22. The van der Waals surface area contributed by atoms with Crippen molar-refractivity contribution in [2.75, 3.05) is 0 Å². The van der Waals surface area contributed by atoms with Gasteiger partial charge < -0.3 is 74.8 Å². The van der Waals surface area contributed by atoms with Crippen molar-refractivity contribution in [1.29, 1.82) is 0 Å². The minimum absolute atomic E-state index is 0. The van der Waals surface area contributed by atoms with Gasteiger partial charge in [0.05, 0.1) is 0 Å². The summed E-state index contributed by atoms with van der Waals surface area (Å²) >= 11 is 0. The average molecular weight is 470 g/mol. The molecule has 0 spiro atoms. The van der Waals surface area contributed by atoms with Crippen LogP contribution >= 0.6 is 0 Å². The third-order valence-electron chi connectivity index (χ3n) is 0. The van der Waals surface area contributed by atoms with E-state index in [1.807, 2.05) is 0 Å². The summed E-state index contributed by atoms with van der Waals surface area (Å²) in [6.07, 6.45) is 0. The number of hydrogen-bond donors (Lipinski definition) is 0. The summed E-state index contributed by atoms with van der Waals surface area (Å²) in [5.41, 5.74) is 0. The van der Waals surface area contributed by atoms with E-state index >= 15 is 0 Å². The van der Waals surface area contributed by atoms with Gasteiger partial charge in [0.2, 0.25) is 0 Å². The molecule has 0 aliphatic heterocycles. The summed E-state index contributed by atoms with van der Waals surface area (Å²) in [6, 6.07) is 0. The van der Waals surface area contributed by atoms with Crippen molar-refractivity contribution in [3.63, 3.8) is 0 Å². The zero-order valence-corrected chi connectivity index (χ0v) is 23.1. The molecule has 0 saturated carbocycles. The topological polar surface area (TPSA) is 440 Å². The van der Waals surface area contributed by atoms with Gasteiger partial charge in [0, 0.05) is 10.4 Å². The van der Waals surface area contributed by atoms with Crippen LogP contribution in [-0.4, -0.2) is 245 Å². The minimum atomic E-state index is -5.17. The van der Waals surface area contributed by atoms with Gasteiger partial charge in [-0.15, -0.1) is 0 Å². The zero-order valence-electron chi connectivity index (χ0n) is 12.4. The fourth-order valence-corrected chi connectivity index (χ4v) is 0. The number of rotatable bonds is 0. The first-order chi connectivity index (χ1) is 2.00. The van der Waals surface area contributed by atoms with Crippen molar-refractivity contribution in [3.8, 4) is 0 Å². The maximum absolute atomic E-state index is 8.52. The molecule has 24 heavy (non-hydrogen) atoms. The zero-order chi connectivity index (χ0) is 4.50. The third kappa shape index (κ3) is 785. The van der Waals surface area contributed by atoms with E-state index in [0.717, 1.165) is 0 Å². The Morgan fingerprint density at radius 3 is 0.333 bits per heavy atom. The number of hydrogen-bond acceptors (Lipinski definition) is 16. The molecular weight excluding hydrogens is 458 g/mol. The minimum Gasteiger partial charge on any atom is -0.870 e. The Morgan fingerprint density at radius 2 is 0.333 bits per heavy atom. The van der Waals surface area contributed by atoms with Crippen LogP contribution in [0.5, 0.6) is 0 Å². The van der Waals surface area contributed by atoms with E-state index in [1.54, 1.807) is 0 Å². The van der Waals surface area contributed by atoms with Gasteiger partial charge in [-0.3, -0.25) is 8.42 Å². The Hall–Kier alpha value is 4.75. The van der Waals surface area contributed by atoms with Crippen LogP contribution in [0.4, 0.5) is 0 Å². The average Bonchev–Trinajstić information content (AvgIpc) is 0.722. The van der Waals surface area contributed by atoms with Crippen molar-refractivity contribution in [2.45, 2.75) is 0 Å². The van der Waals surface area contributed by atoms with Crippen molar-refractivity contribution in [3.05, 3.63) is 0 Å². The Bertz CT molecular complexity index is 110. The molecule has 24 heteroatoms. The summed E-state index contributed by atoms with van der Waals surface area (Å²) < 4.78 is 34.1. The second-order valence-electron chi connectivity index (χ2n) is 0.408. The van der Waals surface area contributed by atoms with Crippen LogP contribution < -0.4 is 0 Å². The molecule has 16 nitrogen and oxygen atoms in total. The molecule has 0 heterocycles. The van der Waals surface area contributed by atoms with Gasteiger partial charge in [-0.25, -0.2) is 0 Å². The summed E-state index contributed by atoms with van der Waals surface area (Å²) in [4.78, 5) is 0. The molecule has 0 aromatic heterocycles. The Labute approximate surface area is 251 Å². The summed E-state index contributed by atoms with van der Waals surface area (Å²) in [5, 5.41) is 0. The van der Waals surface area contributed by atoms with Crippen molar-refractivity contribution < 1.29 is 83.2 Å². The predicted octanol–water partition coefficient (Wildman–Crippen LogP) is -6.13. The molecule has 0 unspecified atom stereocenters. The Balaban J connectivity index is -0.000000000468. The van der Waals surface area contributed by atoms with Crippen LogP contribution in [0, 0.1) is 0 Å². The molecule has 0 aromatic rings. The molecule has 0 fully saturated rings. The Kier molecular flexibility index (Phi) is 2070. The largest absolute Gasteiger partial charge is 2.00 e. The van der Waals surface area contributed by atoms with Crippen molar-refractivity contribution >= 4 is 172 Å². The maximum Gasteiger partial charge on any atom is 2.00 e. The second kappa shape index (κ2) is 172. The summed E-state index contributed by atoms with van der Waals surface area (Å²) in [5.74, 6) is 0. The molecule has 0 atom stereocenters. The molecule has 0 radical (unpaired) electrons. The first-order valence-corrected chi connectivity index (χ1v) is 2.00. The van der Waals surface area contributed by atoms with E-state index in [9.17, 15) is 0 Å². The predicted molar refractivity (Wildman–Crippen MR) is 74.0 cm³/mol. The van der Waals surface area contributed by atoms with Crippen LogP contribution in [0.15, 0.2) is 0 Å². The molecule has 0 rings (SSSR count). The summed E-state index contributed by atoms with van der Waals surface area (Å²) in [7, 11) is -5.17. The van der Waals surface area contributed by atoms with E-state index in [4.69, 9.17) is 17.5 Å². The molecule has 128 valence electrons. The van der Waals surface area contributed by atoms with Crippen LogP contribution in [0.25, 0.3) is 0 Å². The molecule has 0 bridgehead atoms. The molecular formula is H12Mg7O16S. The SMILES string of the molecule is O=S(=O)([O-])[O-].[Mg+2].[Mg+2].[Mg+2].[Mg+2].[Mg+2].[Mg+2].[Mg+2].[OH-].[OH-].[OH-].[OH-].[OH-].[OH-].[OH-].[OH-].[OH-].[OH-].[OH-].[OH-]. The first-order valence-electron chi connectivity index (χ1n) is 0.667. The van der Waals surface area contributed by atoms with E-state index in [2.05, 4.69) is 0 Å². The van der Waals surface area contributed by atoms with Gasteiger partial charge in [-0.1, -0.05) is 0 Å². The Morgan fingerprint density at radius 1 is 0.333 bits per heavy atom. The quantitative estimate of drug-likeness (QED) is 0.180. The van der Waals surface area contributed by atoms with Crippen molar-refractivity contribution in [1.82, 2.24) is 0 Å². The third-order valence-corrected chi connectivity index (χ3v) is 0. The molecule has 0 amide bonds. The van der Waals surface area contributed by atoms with E-state index in [0.29, 0.717) is 0 Å². The fraction of sp³-hybridized carbons (Fsp3) is 0. The van der Waals surface area contributed by atoms with Gasteiger partial charge in [0.1, 0.15) is 0 Å². The van der Waals surface area contributed by atoms with Gasteiger partial charge in [0.25, 0.3) is 0 Å². The van der Waals surface area contributed by atoms with E-state index < -0.39 is 10.4 Å². The smallest absolute Gasteiger partial charge is 0.870 e. The normalized spacial score (nSPS) is 2.42. The maximum atomic E-state index is 8.52. The van der Waals surface area contributed by atoms with Gasteiger partial charge >= 0.3 is 161 Å². The fourth-order valence-electron chi connectivity index (χ4n) is 0. The van der Waals surface area contributed by atoms with Gasteiger partial charge in [-0.05, 0) is 0 Å². The van der Waals surface area contributed by atoms with Crippen LogP contribution in [0.2, 0.25) is 0 Å².